The van der Waals surface area contributed by atoms with Crippen molar-refractivity contribution in [1.29, 1.82) is 0 Å². The maximum atomic E-state index is 5.65. The summed E-state index contributed by atoms with van der Waals surface area (Å²) in [5, 5.41) is 9.37. The molecule has 0 saturated heterocycles. The lowest BCUT2D eigenvalue weighted by Gasteiger charge is -2.11. The molecule has 3 rings (SSSR count). The number of nitrogens with zero attached hydrogens (tertiary/aromatic N) is 3. The highest BCUT2D eigenvalue weighted by Gasteiger charge is 2.41. The van der Waals surface area contributed by atoms with E-state index in [1.165, 1.54) is 12.8 Å². The van der Waals surface area contributed by atoms with Gasteiger partial charge in [-0.2, -0.15) is 0 Å². The summed E-state index contributed by atoms with van der Waals surface area (Å²) in [6.45, 7) is 0.793. The first-order valence-corrected chi connectivity index (χ1v) is 6.94. The minimum absolute atomic E-state index is 0.486. The lowest BCUT2D eigenvalue weighted by atomic mass is 10.1. The molecule has 1 fully saturated rings. The van der Waals surface area contributed by atoms with Gasteiger partial charge in [-0.3, -0.25) is 4.40 Å². The van der Waals surface area contributed by atoms with Crippen molar-refractivity contribution in [3.8, 4) is 0 Å². The topological polar surface area (TPSA) is 56.2 Å². The molecule has 2 N–H and O–H groups in total. The Morgan fingerprint density at radius 2 is 2.24 bits per heavy atom. The molecule has 2 heterocycles. The number of pyridine rings is 1. The highest BCUT2D eigenvalue weighted by atomic mass is 32.2. The van der Waals surface area contributed by atoms with E-state index >= 15 is 0 Å². The van der Waals surface area contributed by atoms with Crippen LogP contribution in [-0.2, 0) is 0 Å². The van der Waals surface area contributed by atoms with E-state index in [0.29, 0.717) is 5.41 Å². The van der Waals surface area contributed by atoms with E-state index in [2.05, 4.69) is 10.2 Å². The molecule has 0 unspecified atom stereocenters. The van der Waals surface area contributed by atoms with Crippen molar-refractivity contribution in [3.05, 3.63) is 24.4 Å². The predicted octanol–water partition coefficient (Wildman–Crippen LogP) is 1.95. The number of thioether (sulfide) groups is 1. The van der Waals surface area contributed by atoms with Gasteiger partial charge in [-0.25, -0.2) is 0 Å². The van der Waals surface area contributed by atoms with Crippen LogP contribution in [0.25, 0.3) is 5.65 Å². The molecule has 0 aromatic carbocycles. The van der Waals surface area contributed by atoms with Gasteiger partial charge in [0.05, 0.1) is 0 Å². The fourth-order valence-corrected chi connectivity index (χ4v) is 3.35. The largest absolute Gasteiger partial charge is 0.330 e. The van der Waals surface area contributed by atoms with Gasteiger partial charge in [0.1, 0.15) is 0 Å². The first-order chi connectivity index (χ1) is 8.33. The molecule has 1 aliphatic carbocycles. The molecule has 0 atom stereocenters. The summed E-state index contributed by atoms with van der Waals surface area (Å²) in [5.41, 5.74) is 7.05. The molecule has 0 bridgehead atoms. The monoisotopic (exact) mass is 248 g/mol. The van der Waals surface area contributed by atoms with E-state index in [9.17, 15) is 0 Å². The molecule has 2 aromatic heterocycles. The van der Waals surface area contributed by atoms with E-state index < -0.39 is 0 Å². The number of nitrogens with two attached hydrogens (primary N) is 1. The van der Waals surface area contributed by atoms with Gasteiger partial charge in [-0.1, -0.05) is 17.8 Å². The third-order valence-corrected chi connectivity index (χ3v) is 4.71. The normalized spacial score (nSPS) is 17.5. The Balaban J connectivity index is 1.73. The van der Waals surface area contributed by atoms with E-state index in [0.717, 1.165) is 29.5 Å². The summed E-state index contributed by atoms with van der Waals surface area (Å²) in [5.74, 6) is 1.11. The lowest BCUT2D eigenvalue weighted by molar-refractivity contribution is 0.537. The van der Waals surface area contributed by atoms with Gasteiger partial charge >= 0.3 is 0 Å². The Bertz CT molecular complexity index is 518. The highest BCUT2D eigenvalue weighted by Crippen LogP contribution is 2.51. The summed E-state index contributed by atoms with van der Waals surface area (Å²) in [6, 6.07) is 5.96. The van der Waals surface area contributed by atoms with Crippen LogP contribution in [-0.4, -0.2) is 26.9 Å². The molecule has 1 saturated carbocycles. The second-order valence-corrected chi connectivity index (χ2v) is 5.68. The quantitative estimate of drug-likeness (QED) is 0.822. The van der Waals surface area contributed by atoms with Crippen LogP contribution in [0.15, 0.2) is 29.6 Å². The number of hydrogen-bond acceptors (Lipinski definition) is 4. The van der Waals surface area contributed by atoms with E-state index in [1.807, 2.05) is 28.8 Å². The molecular formula is C12H16N4S. The third kappa shape index (κ3) is 2.17. The molecule has 17 heavy (non-hydrogen) atoms. The van der Waals surface area contributed by atoms with Crippen molar-refractivity contribution in [2.24, 2.45) is 11.1 Å². The Morgan fingerprint density at radius 1 is 1.35 bits per heavy atom. The first-order valence-electron chi connectivity index (χ1n) is 5.96. The van der Waals surface area contributed by atoms with E-state index in [4.69, 9.17) is 5.73 Å². The number of aromatic nitrogens is 3. The first kappa shape index (κ1) is 11.0. The van der Waals surface area contributed by atoms with Crippen LogP contribution < -0.4 is 5.73 Å². The van der Waals surface area contributed by atoms with Gasteiger partial charge < -0.3 is 5.73 Å². The summed E-state index contributed by atoms with van der Waals surface area (Å²) in [4.78, 5) is 0. The average Bonchev–Trinajstić information content (AvgIpc) is 3.00. The smallest absolute Gasteiger partial charge is 0.195 e. The van der Waals surface area contributed by atoms with E-state index in [-0.39, 0.29) is 0 Å². The zero-order valence-electron chi connectivity index (χ0n) is 9.67. The highest BCUT2D eigenvalue weighted by molar-refractivity contribution is 7.99. The molecule has 1 aliphatic rings. The molecular weight excluding hydrogens is 232 g/mol. The second-order valence-electron chi connectivity index (χ2n) is 4.74. The Kier molecular flexibility index (Phi) is 2.80. The standard InChI is InChI=1S/C12H16N4S/c13-7-6-12(4-5-12)9-17-11-15-14-10-3-1-2-8-16(10)11/h1-3,8H,4-7,9,13H2. The zero-order valence-corrected chi connectivity index (χ0v) is 10.5. The molecule has 0 aliphatic heterocycles. The molecule has 4 nitrogen and oxygen atoms in total. The maximum Gasteiger partial charge on any atom is 0.195 e. The Labute approximate surface area is 105 Å². The van der Waals surface area contributed by atoms with Crippen molar-refractivity contribution < 1.29 is 0 Å². The minimum atomic E-state index is 0.486. The molecule has 0 spiro atoms. The van der Waals surface area contributed by atoms with Crippen LogP contribution in [0.5, 0.6) is 0 Å². The van der Waals surface area contributed by atoms with Gasteiger partial charge in [0.25, 0.3) is 0 Å². The van der Waals surface area contributed by atoms with Crippen molar-refractivity contribution in [2.45, 2.75) is 24.4 Å². The van der Waals surface area contributed by atoms with Crippen LogP contribution in [0.1, 0.15) is 19.3 Å². The summed E-state index contributed by atoms with van der Waals surface area (Å²) >= 11 is 1.80. The van der Waals surface area contributed by atoms with Gasteiger partial charge in [0.2, 0.25) is 0 Å². The van der Waals surface area contributed by atoms with Crippen LogP contribution in [0.4, 0.5) is 0 Å². The van der Waals surface area contributed by atoms with E-state index in [1.54, 1.807) is 11.8 Å². The maximum absolute atomic E-state index is 5.65. The van der Waals surface area contributed by atoms with Gasteiger partial charge in [0, 0.05) is 11.9 Å². The van der Waals surface area contributed by atoms with Crippen LogP contribution in [0.2, 0.25) is 0 Å². The fraction of sp³-hybridized carbons (Fsp3) is 0.500. The number of hydrogen-bond donors (Lipinski definition) is 1. The van der Waals surface area contributed by atoms with Crippen LogP contribution in [0.3, 0.4) is 0 Å². The van der Waals surface area contributed by atoms with Crippen molar-refractivity contribution >= 4 is 17.4 Å². The molecule has 0 amide bonds. The number of rotatable bonds is 5. The Morgan fingerprint density at radius 3 is 3.00 bits per heavy atom. The third-order valence-electron chi connectivity index (χ3n) is 3.42. The van der Waals surface area contributed by atoms with Crippen molar-refractivity contribution in [1.82, 2.24) is 14.6 Å². The predicted molar refractivity (Wildman–Crippen MR) is 69.0 cm³/mol. The Hall–Kier alpha value is -1.07. The minimum Gasteiger partial charge on any atom is -0.330 e. The molecule has 5 heteroatoms. The molecule has 2 aromatic rings. The van der Waals surface area contributed by atoms with Gasteiger partial charge in [-0.05, 0) is 43.4 Å². The SMILES string of the molecule is NCCC1(CSc2nnc3ccccn23)CC1. The van der Waals surface area contributed by atoms with Crippen LogP contribution >= 0.6 is 11.8 Å². The van der Waals surface area contributed by atoms with Gasteiger partial charge in [-0.15, -0.1) is 10.2 Å². The summed E-state index contributed by atoms with van der Waals surface area (Å²) in [7, 11) is 0. The zero-order chi connectivity index (χ0) is 11.7. The van der Waals surface area contributed by atoms with Gasteiger partial charge in [0.15, 0.2) is 10.8 Å². The number of fused-ring (bicyclic) bond motifs is 1. The fourth-order valence-electron chi connectivity index (χ4n) is 2.09. The molecule has 90 valence electrons. The molecule has 0 radical (unpaired) electrons. The van der Waals surface area contributed by atoms with Crippen molar-refractivity contribution in [3.63, 3.8) is 0 Å². The lowest BCUT2D eigenvalue weighted by Crippen LogP contribution is -2.11. The summed E-state index contributed by atoms with van der Waals surface area (Å²) in [6.07, 6.45) is 5.78. The second kappa shape index (κ2) is 4.31. The van der Waals surface area contributed by atoms with Crippen molar-refractivity contribution in [2.75, 3.05) is 12.3 Å². The van der Waals surface area contributed by atoms with Crippen LogP contribution in [0, 0.1) is 5.41 Å². The summed E-state index contributed by atoms with van der Waals surface area (Å²) < 4.78 is 2.04. The average molecular weight is 248 g/mol.